The van der Waals surface area contributed by atoms with Crippen LogP contribution in [0.1, 0.15) is 17.8 Å². The molecule has 3 heterocycles. The molecule has 1 aromatic rings. The summed E-state index contributed by atoms with van der Waals surface area (Å²) in [5.41, 5.74) is 4.68. The molecule has 0 saturated carbocycles. The SMILES string of the molecule is Nc1nnc(CN2C(=O)NC3(CCOCC3)C2=O)s1. The fourth-order valence-corrected chi connectivity index (χ4v) is 2.94. The summed E-state index contributed by atoms with van der Waals surface area (Å²) in [6, 6.07) is -0.388. The zero-order valence-electron chi connectivity index (χ0n) is 10.1. The van der Waals surface area contributed by atoms with Crippen LogP contribution in [0.3, 0.4) is 0 Å². The van der Waals surface area contributed by atoms with Gasteiger partial charge in [0.2, 0.25) is 5.13 Å². The molecule has 0 unspecified atom stereocenters. The number of urea groups is 1. The highest BCUT2D eigenvalue weighted by atomic mass is 32.1. The van der Waals surface area contributed by atoms with Gasteiger partial charge in [-0.05, 0) is 0 Å². The number of amides is 3. The van der Waals surface area contributed by atoms with Crippen LogP contribution >= 0.6 is 11.3 Å². The summed E-state index contributed by atoms with van der Waals surface area (Å²) >= 11 is 1.17. The molecule has 2 fully saturated rings. The molecule has 19 heavy (non-hydrogen) atoms. The number of nitrogens with zero attached hydrogens (tertiary/aromatic N) is 3. The van der Waals surface area contributed by atoms with Crippen molar-refractivity contribution in [1.29, 1.82) is 0 Å². The number of carbonyl (C=O) groups excluding carboxylic acids is 2. The Morgan fingerprint density at radius 1 is 1.37 bits per heavy atom. The third kappa shape index (κ3) is 2.04. The molecule has 3 rings (SSSR count). The molecule has 0 aromatic carbocycles. The molecule has 0 bridgehead atoms. The van der Waals surface area contributed by atoms with Crippen LogP contribution < -0.4 is 11.1 Å². The Kier molecular flexibility index (Phi) is 2.86. The number of nitrogen functional groups attached to an aromatic ring is 1. The van der Waals surface area contributed by atoms with E-state index in [0.717, 1.165) is 0 Å². The highest BCUT2D eigenvalue weighted by Gasteiger charge is 2.51. The van der Waals surface area contributed by atoms with Crippen molar-refractivity contribution in [2.45, 2.75) is 24.9 Å². The van der Waals surface area contributed by atoms with E-state index in [4.69, 9.17) is 10.5 Å². The van der Waals surface area contributed by atoms with Gasteiger partial charge in [0.1, 0.15) is 10.5 Å². The first kappa shape index (κ1) is 12.3. The van der Waals surface area contributed by atoms with Crippen LogP contribution in [0.15, 0.2) is 0 Å². The van der Waals surface area contributed by atoms with Gasteiger partial charge in [-0.15, -0.1) is 10.2 Å². The largest absolute Gasteiger partial charge is 0.381 e. The number of nitrogens with two attached hydrogens (primary N) is 1. The Balaban J connectivity index is 1.79. The standard InChI is InChI=1S/C10H13N5O3S/c11-8-14-13-6(19-8)5-15-7(16)10(12-9(15)17)1-3-18-4-2-10/h1-5H2,(H2,11,14)(H,12,17). The second-order valence-electron chi connectivity index (χ2n) is 4.55. The van der Waals surface area contributed by atoms with E-state index in [2.05, 4.69) is 15.5 Å². The summed E-state index contributed by atoms with van der Waals surface area (Å²) in [7, 11) is 0. The molecule has 2 aliphatic heterocycles. The van der Waals surface area contributed by atoms with E-state index < -0.39 is 5.54 Å². The fourth-order valence-electron chi connectivity index (χ4n) is 2.34. The molecule has 0 atom stereocenters. The lowest BCUT2D eigenvalue weighted by Crippen LogP contribution is -2.51. The van der Waals surface area contributed by atoms with Crippen molar-refractivity contribution >= 4 is 28.4 Å². The molecule has 3 amide bonds. The molecule has 2 aliphatic rings. The predicted molar refractivity (Wildman–Crippen MR) is 66.2 cm³/mol. The highest BCUT2D eigenvalue weighted by molar-refractivity contribution is 7.15. The summed E-state index contributed by atoms with van der Waals surface area (Å²) in [5.74, 6) is -0.213. The van der Waals surface area contributed by atoms with Gasteiger partial charge in [0.05, 0.1) is 6.54 Å². The number of imide groups is 1. The maximum Gasteiger partial charge on any atom is 0.325 e. The van der Waals surface area contributed by atoms with E-state index in [1.807, 2.05) is 0 Å². The molecule has 0 radical (unpaired) electrons. The van der Waals surface area contributed by atoms with Crippen molar-refractivity contribution in [2.24, 2.45) is 0 Å². The molecule has 2 saturated heterocycles. The van der Waals surface area contributed by atoms with Gasteiger partial charge in [-0.1, -0.05) is 11.3 Å². The van der Waals surface area contributed by atoms with Gasteiger partial charge < -0.3 is 15.8 Å². The van der Waals surface area contributed by atoms with Crippen molar-refractivity contribution in [3.63, 3.8) is 0 Å². The second kappa shape index (κ2) is 4.42. The monoisotopic (exact) mass is 283 g/mol. The lowest BCUT2D eigenvalue weighted by Gasteiger charge is -2.30. The maximum absolute atomic E-state index is 12.4. The molecular formula is C10H13N5O3S. The lowest BCUT2D eigenvalue weighted by atomic mass is 9.90. The summed E-state index contributed by atoms with van der Waals surface area (Å²) in [6.45, 7) is 1.07. The van der Waals surface area contributed by atoms with Crippen molar-refractivity contribution in [3.8, 4) is 0 Å². The molecule has 1 spiro atoms. The zero-order chi connectivity index (χ0) is 13.5. The first-order valence-corrected chi connectivity index (χ1v) is 6.72. The maximum atomic E-state index is 12.4. The van der Waals surface area contributed by atoms with Crippen LogP contribution in [0.4, 0.5) is 9.93 Å². The molecule has 0 aliphatic carbocycles. The zero-order valence-corrected chi connectivity index (χ0v) is 10.9. The van der Waals surface area contributed by atoms with Crippen molar-refractivity contribution in [1.82, 2.24) is 20.4 Å². The quantitative estimate of drug-likeness (QED) is 0.722. The van der Waals surface area contributed by atoms with Gasteiger partial charge in [0.15, 0.2) is 0 Å². The molecule has 1 aromatic heterocycles. The van der Waals surface area contributed by atoms with E-state index in [-0.39, 0.29) is 18.5 Å². The molecule has 9 heteroatoms. The van der Waals surface area contributed by atoms with E-state index in [1.54, 1.807) is 0 Å². The second-order valence-corrected chi connectivity index (χ2v) is 5.64. The lowest BCUT2D eigenvalue weighted by molar-refractivity contribution is -0.134. The Hall–Kier alpha value is -1.74. The number of ether oxygens (including phenoxy) is 1. The Morgan fingerprint density at radius 2 is 2.11 bits per heavy atom. The normalized spacial score (nSPS) is 22.0. The van der Waals surface area contributed by atoms with Crippen LogP contribution in [0, 0.1) is 0 Å². The third-order valence-corrected chi connectivity index (χ3v) is 4.11. The predicted octanol–water partition coefficient (Wildman–Crippen LogP) is -0.279. The molecule has 102 valence electrons. The Labute approximate surface area is 112 Å². The van der Waals surface area contributed by atoms with Gasteiger partial charge in [-0.2, -0.15) is 0 Å². The number of anilines is 1. The molecule has 8 nitrogen and oxygen atoms in total. The van der Waals surface area contributed by atoms with E-state index >= 15 is 0 Å². The van der Waals surface area contributed by atoms with E-state index in [0.29, 0.717) is 36.2 Å². The summed E-state index contributed by atoms with van der Waals surface area (Å²) in [4.78, 5) is 25.5. The molecular weight excluding hydrogens is 270 g/mol. The van der Waals surface area contributed by atoms with Crippen molar-refractivity contribution in [3.05, 3.63) is 5.01 Å². The minimum absolute atomic E-state index is 0.113. The minimum Gasteiger partial charge on any atom is -0.381 e. The van der Waals surface area contributed by atoms with Crippen molar-refractivity contribution in [2.75, 3.05) is 18.9 Å². The van der Waals surface area contributed by atoms with Gasteiger partial charge in [-0.25, -0.2) is 4.79 Å². The van der Waals surface area contributed by atoms with Crippen LogP contribution in [0.5, 0.6) is 0 Å². The van der Waals surface area contributed by atoms with Crippen LogP contribution in [0.25, 0.3) is 0 Å². The summed E-state index contributed by atoms with van der Waals surface area (Å²) in [5, 5.41) is 11.1. The smallest absolute Gasteiger partial charge is 0.325 e. The summed E-state index contributed by atoms with van der Waals surface area (Å²) in [6.07, 6.45) is 1.01. The first-order chi connectivity index (χ1) is 9.11. The molecule has 3 N–H and O–H groups in total. The average Bonchev–Trinajstić information content (AvgIpc) is 2.89. The first-order valence-electron chi connectivity index (χ1n) is 5.90. The van der Waals surface area contributed by atoms with E-state index in [1.165, 1.54) is 16.2 Å². The number of hydrogen-bond donors (Lipinski definition) is 2. The average molecular weight is 283 g/mol. The van der Waals surface area contributed by atoms with Crippen LogP contribution in [-0.4, -0.2) is 45.8 Å². The van der Waals surface area contributed by atoms with Crippen LogP contribution in [0.2, 0.25) is 0 Å². The third-order valence-electron chi connectivity index (χ3n) is 3.37. The number of nitrogens with one attached hydrogen (secondary N) is 1. The minimum atomic E-state index is -0.800. The van der Waals surface area contributed by atoms with Crippen molar-refractivity contribution < 1.29 is 14.3 Å². The Bertz CT molecular complexity index is 525. The van der Waals surface area contributed by atoms with Gasteiger partial charge in [-0.3, -0.25) is 9.69 Å². The Morgan fingerprint density at radius 3 is 2.74 bits per heavy atom. The van der Waals surface area contributed by atoms with Gasteiger partial charge in [0, 0.05) is 26.1 Å². The van der Waals surface area contributed by atoms with Gasteiger partial charge >= 0.3 is 6.03 Å². The highest BCUT2D eigenvalue weighted by Crippen LogP contribution is 2.29. The number of rotatable bonds is 2. The van der Waals surface area contributed by atoms with E-state index in [9.17, 15) is 9.59 Å². The number of carbonyl (C=O) groups is 2. The van der Waals surface area contributed by atoms with Crippen LogP contribution in [-0.2, 0) is 16.1 Å². The topological polar surface area (TPSA) is 110 Å². The number of hydrogen-bond acceptors (Lipinski definition) is 7. The summed E-state index contributed by atoms with van der Waals surface area (Å²) < 4.78 is 5.24. The van der Waals surface area contributed by atoms with Gasteiger partial charge in [0.25, 0.3) is 5.91 Å². The number of aromatic nitrogens is 2. The fraction of sp³-hybridized carbons (Fsp3) is 0.600.